The second-order valence-corrected chi connectivity index (χ2v) is 15.5. The van der Waals surface area contributed by atoms with Gasteiger partial charge in [-0.05, 0) is 21.0 Å². The molecule has 0 saturated heterocycles. The molecule has 6 nitrogen and oxygen atoms in total. The average Bonchev–Trinajstić information content (AvgIpc) is 2.83. The first kappa shape index (κ1) is 27.5. The van der Waals surface area contributed by atoms with E-state index in [9.17, 15) is 14.4 Å². The van der Waals surface area contributed by atoms with Crippen molar-refractivity contribution in [3.63, 3.8) is 0 Å². The molecule has 3 aromatic rings. The van der Waals surface area contributed by atoms with Gasteiger partial charge in [0.25, 0.3) is 8.32 Å². The van der Waals surface area contributed by atoms with Gasteiger partial charge in [0.1, 0.15) is 12.5 Å². The van der Waals surface area contributed by atoms with Crippen LogP contribution >= 0.6 is 7.60 Å². The molecular weight excluding hydrogens is 479 g/mol. The fourth-order valence-corrected chi connectivity index (χ4v) is 9.21. The molecule has 0 aliphatic rings. The zero-order valence-corrected chi connectivity index (χ0v) is 22.4. The predicted molar refractivity (Wildman–Crippen MR) is 141 cm³/mol. The van der Waals surface area contributed by atoms with Gasteiger partial charge in [-0.1, -0.05) is 112 Å². The van der Waals surface area contributed by atoms with Gasteiger partial charge in [0, 0.05) is 0 Å². The van der Waals surface area contributed by atoms with E-state index in [4.69, 9.17) is 13.9 Å². The Labute approximate surface area is 209 Å². The molecular formula is C27H35O6PSi. The lowest BCUT2D eigenvalue weighted by Gasteiger charge is -2.43. The SMILES string of the molecule is CC(C)(C)[Si](OC[C@H](COCc1ccccc1)OCP(=O)(O)O)(c1ccccc1)c1ccccc1. The van der Waals surface area contributed by atoms with Crippen LogP contribution in [-0.2, 0) is 25.1 Å². The van der Waals surface area contributed by atoms with Gasteiger partial charge in [-0.25, -0.2) is 0 Å². The van der Waals surface area contributed by atoms with Crippen LogP contribution in [0, 0.1) is 0 Å². The maximum Gasteiger partial charge on any atom is 0.350 e. The molecule has 0 aromatic heterocycles. The molecule has 188 valence electrons. The third-order valence-electron chi connectivity index (χ3n) is 5.80. The van der Waals surface area contributed by atoms with E-state index < -0.39 is 28.4 Å². The zero-order valence-electron chi connectivity index (χ0n) is 20.5. The van der Waals surface area contributed by atoms with Crippen molar-refractivity contribution in [3.05, 3.63) is 96.6 Å². The van der Waals surface area contributed by atoms with Gasteiger partial charge in [0.2, 0.25) is 0 Å². The first-order chi connectivity index (χ1) is 16.6. The quantitative estimate of drug-likeness (QED) is 0.277. The molecule has 35 heavy (non-hydrogen) atoms. The molecule has 0 saturated carbocycles. The van der Waals surface area contributed by atoms with Crippen LogP contribution in [-0.4, -0.2) is 43.8 Å². The lowest BCUT2D eigenvalue weighted by atomic mass is 10.2. The average molecular weight is 515 g/mol. The first-order valence-corrected chi connectivity index (χ1v) is 15.4. The smallest absolute Gasteiger partial charge is 0.350 e. The number of ether oxygens (including phenoxy) is 2. The highest BCUT2D eigenvalue weighted by molar-refractivity contribution is 7.51. The molecule has 0 aliphatic carbocycles. The Morgan fingerprint density at radius 2 is 1.29 bits per heavy atom. The molecule has 0 amide bonds. The van der Waals surface area contributed by atoms with Crippen LogP contribution in [0.1, 0.15) is 26.3 Å². The van der Waals surface area contributed by atoms with E-state index in [0.29, 0.717) is 6.61 Å². The lowest BCUT2D eigenvalue weighted by molar-refractivity contribution is -0.0319. The molecule has 0 spiro atoms. The van der Waals surface area contributed by atoms with Crippen molar-refractivity contribution in [1.82, 2.24) is 0 Å². The Hall–Kier alpha value is -2.09. The van der Waals surface area contributed by atoms with E-state index in [-0.39, 0.29) is 18.3 Å². The van der Waals surface area contributed by atoms with E-state index in [1.54, 1.807) is 0 Å². The van der Waals surface area contributed by atoms with E-state index in [1.165, 1.54) is 0 Å². The van der Waals surface area contributed by atoms with Gasteiger partial charge in [0.15, 0.2) is 0 Å². The maximum absolute atomic E-state index is 11.5. The van der Waals surface area contributed by atoms with E-state index >= 15 is 0 Å². The van der Waals surface area contributed by atoms with Crippen LogP contribution in [0.2, 0.25) is 5.04 Å². The number of hydrogen-bond acceptors (Lipinski definition) is 4. The molecule has 0 bridgehead atoms. The summed E-state index contributed by atoms with van der Waals surface area (Å²) in [6.07, 6.45) is -1.33. The summed E-state index contributed by atoms with van der Waals surface area (Å²) in [5, 5.41) is 2.02. The Morgan fingerprint density at radius 3 is 1.74 bits per heavy atom. The number of rotatable bonds is 12. The zero-order chi connectivity index (χ0) is 25.4. The van der Waals surface area contributed by atoms with E-state index in [1.807, 2.05) is 66.7 Å². The fraction of sp³-hybridized carbons (Fsp3) is 0.333. The fourth-order valence-electron chi connectivity index (χ4n) is 4.21. The molecule has 0 aliphatic heterocycles. The molecule has 8 heteroatoms. The Morgan fingerprint density at radius 1 is 0.800 bits per heavy atom. The maximum atomic E-state index is 11.5. The van der Waals surface area contributed by atoms with Crippen LogP contribution in [0.4, 0.5) is 0 Å². The van der Waals surface area contributed by atoms with Crippen LogP contribution in [0.5, 0.6) is 0 Å². The number of hydrogen-bond donors (Lipinski definition) is 2. The van der Waals surface area contributed by atoms with Crippen molar-refractivity contribution in [2.45, 2.75) is 38.5 Å². The highest BCUT2D eigenvalue weighted by Gasteiger charge is 2.50. The van der Waals surface area contributed by atoms with Crippen molar-refractivity contribution in [3.8, 4) is 0 Å². The second-order valence-electron chi connectivity index (χ2n) is 9.56. The molecule has 3 rings (SSSR count). The largest absolute Gasteiger partial charge is 0.405 e. The highest BCUT2D eigenvalue weighted by atomic mass is 31.2. The Balaban J connectivity index is 1.87. The summed E-state index contributed by atoms with van der Waals surface area (Å²) in [4.78, 5) is 18.8. The molecule has 0 unspecified atom stereocenters. The van der Waals surface area contributed by atoms with E-state index in [0.717, 1.165) is 15.9 Å². The highest BCUT2D eigenvalue weighted by Crippen LogP contribution is 2.37. The van der Waals surface area contributed by atoms with Gasteiger partial charge >= 0.3 is 7.60 Å². The normalized spacial score (nSPS) is 13.5. The number of benzene rings is 3. The summed E-state index contributed by atoms with van der Waals surface area (Å²) in [6, 6.07) is 30.2. The van der Waals surface area contributed by atoms with Crippen molar-refractivity contribution in [2.24, 2.45) is 0 Å². The van der Waals surface area contributed by atoms with Gasteiger partial charge in [0.05, 0.1) is 19.8 Å². The third-order valence-corrected chi connectivity index (χ3v) is 11.3. The Kier molecular flexibility index (Phi) is 9.61. The van der Waals surface area contributed by atoms with Crippen molar-refractivity contribution >= 4 is 26.3 Å². The standard InChI is InChI=1S/C27H35O6PSi/c1-27(2,3)35(25-15-9-5-10-16-25,26-17-11-6-12-18-26)33-21-24(32-22-34(28,29)30)20-31-19-23-13-7-4-8-14-23/h4-18,24H,19-22H2,1-3H3,(H2,28,29,30)/t24-/m0/s1. The lowest BCUT2D eigenvalue weighted by Crippen LogP contribution is -2.67. The summed E-state index contributed by atoms with van der Waals surface area (Å²) in [6.45, 7) is 7.19. The molecule has 0 heterocycles. The van der Waals surface area contributed by atoms with Crippen molar-refractivity contribution < 1.29 is 28.3 Å². The summed E-state index contributed by atoms with van der Waals surface area (Å²) in [7, 11) is -7.16. The minimum atomic E-state index is -4.34. The second kappa shape index (κ2) is 12.2. The summed E-state index contributed by atoms with van der Waals surface area (Å²) in [5.74, 6) is 0. The molecule has 0 radical (unpaired) electrons. The molecule has 0 fully saturated rings. The predicted octanol–water partition coefficient (Wildman–Crippen LogP) is 4.30. The molecule has 2 N–H and O–H groups in total. The molecule has 3 aromatic carbocycles. The van der Waals surface area contributed by atoms with Gasteiger partial charge < -0.3 is 23.7 Å². The van der Waals surface area contributed by atoms with Crippen LogP contribution in [0.3, 0.4) is 0 Å². The van der Waals surface area contributed by atoms with Gasteiger partial charge in [-0.2, -0.15) is 0 Å². The Bertz CT molecular complexity index is 1030. The first-order valence-electron chi connectivity index (χ1n) is 11.6. The van der Waals surface area contributed by atoms with Crippen LogP contribution < -0.4 is 10.4 Å². The summed E-state index contributed by atoms with van der Waals surface area (Å²) in [5.41, 5.74) is 1.01. The van der Waals surface area contributed by atoms with Crippen LogP contribution in [0.25, 0.3) is 0 Å². The van der Waals surface area contributed by atoms with E-state index in [2.05, 4.69) is 45.0 Å². The topological polar surface area (TPSA) is 85.2 Å². The minimum absolute atomic E-state index is 0.141. The third kappa shape index (κ3) is 7.69. The van der Waals surface area contributed by atoms with Gasteiger partial charge in [-0.3, -0.25) is 4.57 Å². The monoisotopic (exact) mass is 514 g/mol. The van der Waals surface area contributed by atoms with Gasteiger partial charge in [-0.15, -0.1) is 0 Å². The minimum Gasteiger partial charge on any atom is -0.405 e. The van der Waals surface area contributed by atoms with Crippen LogP contribution in [0.15, 0.2) is 91.0 Å². The molecule has 1 atom stereocenters. The van der Waals surface area contributed by atoms with Crippen molar-refractivity contribution in [2.75, 3.05) is 19.6 Å². The summed E-state index contributed by atoms with van der Waals surface area (Å²) >= 11 is 0. The van der Waals surface area contributed by atoms with Crippen molar-refractivity contribution in [1.29, 1.82) is 0 Å². The summed E-state index contributed by atoms with van der Waals surface area (Å²) < 4.78 is 29.9.